The van der Waals surface area contributed by atoms with Gasteiger partial charge in [0.05, 0.1) is 0 Å². The molecule has 0 aliphatic heterocycles. The molecule has 2 aromatic carbocycles. The minimum Gasteiger partial charge on any atom is -0.337 e. The van der Waals surface area contributed by atoms with Crippen LogP contribution in [0.1, 0.15) is 17.5 Å². The van der Waals surface area contributed by atoms with Crippen molar-refractivity contribution < 1.29 is 9.59 Å². The molecule has 0 radical (unpaired) electrons. The highest BCUT2D eigenvalue weighted by Crippen LogP contribution is 2.27. The first-order chi connectivity index (χ1) is 15.0. The smallest absolute Gasteiger partial charge is 0.317 e. The first-order valence-corrected chi connectivity index (χ1v) is 10.7. The Hall–Kier alpha value is -3.39. The molecule has 0 aliphatic rings. The zero-order valence-electron chi connectivity index (χ0n) is 17.5. The molecule has 0 fully saturated rings. The van der Waals surface area contributed by atoms with Gasteiger partial charge in [-0.1, -0.05) is 30.3 Å². The second kappa shape index (κ2) is 11.1. The lowest BCUT2D eigenvalue weighted by Gasteiger charge is -2.18. The quantitative estimate of drug-likeness (QED) is 0.520. The first-order valence-electron chi connectivity index (χ1n) is 9.89. The first kappa shape index (κ1) is 22.3. The number of aryl methyl sites for hydroxylation is 1. The standard InChI is InChI=1S/C23H25N5O2S/c1-17-15-19(31-22-24-12-6-13-25-22)9-10-20(17)27-21(29)11-14-26-23(30)28(2)16-18-7-4-3-5-8-18/h3-10,12-13,15H,11,14,16H2,1-2H3,(H,26,30)(H,27,29). The van der Waals surface area contributed by atoms with Crippen molar-refractivity contribution in [1.82, 2.24) is 20.2 Å². The lowest BCUT2D eigenvalue weighted by atomic mass is 10.2. The van der Waals surface area contributed by atoms with Crippen LogP contribution in [0.3, 0.4) is 0 Å². The van der Waals surface area contributed by atoms with Crippen LogP contribution in [0.25, 0.3) is 0 Å². The predicted octanol–water partition coefficient (Wildman–Crippen LogP) is 4.11. The van der Waals surface area contributed by atoms with Crippen molar-refractivity contribution >= 4 is 29.4 Å². The largest absolute Gasteiger partial charge is 0.337 e. The second-order valence-electron chi connectivity index (χ2n) is 6.98. The summed E-state index contributed by atoms with van der Waals surface area (Å²) in [7, 11) is 1.73. The van der Waals surface area contributed by atoms with E-state index in [2.05, 4.69) is 20.6 Å². The van der Waals surface area contributed by atoms with Crippen LogP contribution >= 0.6 is 11.8 Å². The molecule has 0 saturated heterocycles. The summed E-state index contributed by atoms with van der Waals surface area (Å²) < 4.78 is 0. The van der Waals surface area contributed by atoms with Crippen LogP contribution in [-0.2, 0) is 11.3 Å². The highest BCUT2D eigenvalue weighted by atomic mass is 32.2. The van der Waals surface area contributed by atoms with Crippen molar-refractivity contribution in [3.8, 4) is 0 Å². The molecule has 1 aromatic heterocycles. The van der Waals surface area contributed by atoms with E-state index in [-0.39, 0.29) is 24.9 Å². The third kappa shape index (κ3) is 7.11. The molecule has 3 aromatic rings. The molecule has 160 valence electrons. The minimum absolute atomic E-state index is 0.152. The van der Waals surface area contributed by atoms with Crippen LogP contribution in [0.15, 0.2) is 77.0 Å². The van der Waals surface area contributed by atoms with Crippen molar-refractivity contribution in [2.75, 3.05) is 18.9 Å². The highest BCUT2D eigenvalue weighted by molar-refractivity contribution is 7.99. The van der Waals surface area contributed by atoms with Crippen molar-refractivity contribution in [2.24, 2.45) is 0 Å². The Kier molecular flexibility index (Phi) is 8.00. The summed E-state index contributed by atoms with van der Waals surface area (Å²) in [6.45, 7) is 2.71. The minimum atomic E-state index is -0.211. The van der Waals surface area contributed by atoms with E-state index >= 15 is 0 Å². The molecule has 7 nitrogen and oxygen atoms in total. The van der Waals surface area contributed by atoms with Gasteiger partial charge < -0.3 is 15.5 Å². The Morgan fingerprint density at radius 2 is 1.77 bits per heavy atom. The maximum Gasteiger partial charge on any atom is 0.317 e. The van der Waals surface area contributed by atoms with Gasteiger partial charge in [0, 0.05) is 49.5 Å². The van der Waals surface area contributed by atoms with Gasteiger partial charge in [0.1, 0.15) is 0 Å². The van der Waals surface area contributed by atoms with Gasteiger partial charge in [-0.3, -0.25) is 4.79 Å². The number of amides is 3. The van der Waals surface area contributed by atoms with Gasteiger partial charge in [0.25, 0.3) is 0 Å². The maximum absolute atomic E-state index is 12.3. The van der Waals surface area contributed by atoms with Crippen LogP contribution in [0.4, 0.5) is 10.5 Å². The third-order valence-electron chi connectivity index (χ3n) is 4.46. The van der Waals surface area contributed by atoms with Crippen LogP contribution in [0.5, 0.6) is 0 Å². The lowest BCUT2D eigenvalue weighted by Crippen LogP contribution is -2.38. The molecule has 0 unspecified atom stereocenters. The van der Waals surface area contributed by atoms with Crippen molar-refractivity contribution in [3.63, 3.8) is 0 Å². The summed E-state index contributed by atoms with van der Waals surface area (Å²) in [6.07, 6.45) is 3.60. The van der Waals surface area contributed by atoms with Gasteiger partial charge in [-0.05, 0) is 54.1 Å². The molecule has 2 N–H and O–H groups in total. The maximum atomic E-state index is 12.3. The summed E-state index contributed by atoms with van der Waals surface area (Å²) >= 11 is 1.46. The van der Waals surface area contributed by atoms with E-state index in [4.69, 9.17) is 0 Å². The van der Waals surface area contributed by atoms with Gasteiger partial charge in [0.15, 0.2) is 5.16 Å². The molecule has 1 heterocycles. The number of benzene rings is 2. The molecular weight excluding hydrogens is 410 g/mol. The number of carbonyl (C=O) groups is 2. The predicted molar refractivity (Wildman–Crippen MR) is 122 cm³/mol. The number of hydrogen-bond donors (Lipinski definition) is 2. The van der Waals surface area contributed by atoms with Crippen molar-refractivity contribution in [2.45, 2.75) is 29.9 Å². The number of nitrogens with zero attached hydrogens (tertiary/aromatic N) is 3. The van der Waals surface area contributed by atoms with Crippen molar-refractivity contribution in [3.05, 3.63) is 78.1 Å². The fraction of sp³-hybridized carbons (Fsp3) is 0.217. The van der Waals surface area contributed by atoms with Gasteiger partial charge in [0.2, 0.25) is 5.91 Å². The summed E-state index contributed by atoms with van der Waals surface area (Å²) in [6, 6.07) is 17.1. The van der Waals surface area contributed by atoms with E-state index in [0.717, 1.165) is 21.7 Å². The zero-order chi connectivity index (χ0) is 22.1. The zero-order valence-corrected chi connectivity index (χ0v) is 18.4. The molecule has 8 heteroatoms. The average molecular weight is 436 g/mol. The normalized spacial score (nSPS) is 10.4. The van der Waals surface area contributed by atoms with E-state index in [1.54, 1.807) is 30.4 Å². The molecule has 3 amide bonds. The Morgan fingerprint density at radius 3 is 2.48 bits per heavy atom. The third-order valence-corrected chi connectivity index (χ3v) is 5.34. The average Bonchev–Trinajstić information content (AvgIpc) is 2.77. The van der Waals surface area contributed by atoms with Gasteiger partial charge in [-0.2, -0.15) is 0 Å². The Morgan fingerprint density at radius 1 is 1.03 bits per heavy atom. The molecule has 0 bridgehead atoms. The van der Waals surface area contributed by atoms with Gasteiger partial charge in [-0.15, -0.1) is 0 Å². The molecular formula is C23H25N5O2S. The number of hydrogen-bond acceptors (Lipinski definition) is 5. The van der Waals surface area contributed by atoms with Gasteiger partial charge >= 0.3 is 6.03 Å². The summed E-state index contributed by atoms with van der Waals surface area (Å²) in [5.41, 5.74) is 2.74. The number of nitrogens with one attached hydrogen (secondary N) is 2. The number of urea groups is 1. The Labute approximate surface area is 186 Å². The topological polar surface area (TPSA) is 87.2 Å². The number of aromatic nitrogens is 2. The van der Waals surface area contributed by atoms with Crippen LogP contribution in [0, 0.1) is 6.92 Å². The molecule has 31 heavy (non-hydrogen) atoms. The summed E-state index contributed by atoms with van der Waals surface area (Å²) in [5.74, 6) is -0.152. The number of rotatable bonds is 8. The molecule has 3 rings (SSSR count). The van der Waals surface area contributed by atoms with E-state index in [9.17, 15) is 9.59 Å². The SMILES string of the molecule is Cc1cc(Sc2ncccn2)ccc1NC(=O)CCNC(=O)N(C)Cc1ccccc1. The Balaban J connectivity index is 1.43. The lowest BCUT2D eigenvalue weighted by molar-refractivity contribution is -0.116. The fourth-order valence-corrected chi connectivity index (χ4v) is 3.65. The van der Waals surface area contributed by atoms with Crippen LogP contribution in [0.2, 0.25) is 0 Å². The summed E-state index contributed by atoms with van der Waals surface area (Å²) in [5, 5.41) is 6.35. The van der Waals surface area contributed by atoms with E-state index in [1.807, 2.05) is 55.5 Å². The Bertz CT molecular complexity index is 1010. The monoisotopic (exact) mass is 435 g/mol. The highest BCUT2D eigenvalue weighted by Gasteiger charge is 2.11. The molecule has 0 spiro atoms. The van der Waals surface area contributed by atoms with Crippen LogP contribution < -0.4 is 10.6 Å². The van der Waals surface area contributed by atoms with Gasteiger partial charge in [-0.25, -0.2) is 14.8 Å². The van der Waals surface area contributed by atoms with Crippen molar-refractivity contribution in [1.29, 1.82) is 0 Å². The molecule has 0 saturated carbocycles. The second-order valence-corrected chi connectivity index (χ2v) is 8.02. The molecule has 0 aliphatic carbocycles. The van der Waals surface area contributed by atoms with E-state index in [0.29, 0.717) is 11.7 Å². The number of carbonyl (C=O) groups excluding carboxylic acids is 2. The van der Waals surface area contributed by atoms with Crippen LogP contribution in [-0.4, -0.2) is 40.4 Å². The van der Waals surface area contributed by atoms with E-state index in [1.165, 1.54) is 11.8 Å². The number of anilines is 1. The summed E-state index contributed by atoms with van der Waals surface area (Å²) in [4.78, 5) is 35.5. The fourth-order valence-electron chi connectivity index (χ4n) is 2.84. The molecule has 0 atom stereocenters. The van der Waals surface area contributed by atoms with E-state index < -0.39 is 0 Å².